The lowest BCUT2D eigenvalue weighted by atomic mass is 9.83. The smallest absolute Gasteiger partial charge is 0.465 e. The summed E-state index contributed by atoms with van der Waals surface area (Å²) in [6.07, 6.45) is 6.06. The molecule has 36 heavy (non-hydrogen) atoms. The number of hydrogen-bond donors (Lipinski definition) is 3. The van der Waals surface area contributed by atoms with Crippen LogP contribution in [0.3, 0.4) is 0 Å². The molecule has 3 N–H and O–H groups in total. The van der Waals surface area contributed by atoms with Gasteiger partial charge in [0.15, 0.2) is 0 Å². The Bertz CT molecular complexity index is 674. The van der Waals surface area contributed by atoms with Crippen LogP contribution in [0.1, 0.15) is 57.8 Å². The lowest BCUT2D eigenvalue weighted by molar-refractivity contribution is -0.169. The maximum Gasteiger partial charge on any atom is 0.493 e. The third-order valence-electron chi connectivity index (χ3n) is 8.33. The van der Waals surface area contributed by atoms with E-state index in [9.17, 15) is 19.2 Å². The van der Waals surface area contributed by atoms with Crippen molar-refractivity contribution < 1.29 is 47.6 Å². The van der Waals surface area contributed by atoms with Crippen LogP contribution in [0.15, 0.2) is 0 Å². The molecule has 0 heterocycles. The normalized spacial score (nSPS) is 38.0. The van der Waals surface area contributed by atoms with Crippen LogP contribution >= 0.6 is 0 Å². The highest BCUT2D eigenvalue weighted by molar-refractivity contribution is 6.56. The average molecular weight is 535 g/mol. The summed E-state index contributed by atoms with van der Waals surface area (Å²) in [5.74, 6) is -0.134. The van der Waals surface area contributed by atoms with Crippen molar-refractivity contribution in [2.75, 3.05) is 35.0 Å². The minimum atomic E-state index is -4.11. The second-order valence-electron chi connectivity index (χ2n) is 10.8. The first-order valence-electron chi connectivity index (χ1n) is 13.3. The van der Waals surface area contributed by atoms with E-state index in [1.807, 2.05) is 0 Å². The van der Waals surface area contributed by atoms with Gasteiger partial charge < -0.3 is 42.8 Å². The van der Waals surface area contributed by atoms with Crippen LogP contribution in [-0.2, 0) is 33.2 Å². The monoisotopic (exact) mass is 534 g/mol. The molecule has 9 unspecified atom stereocenters. The minimum absolute atomic E-state index is 0.0125. The lowest BCUT2D eigenvalue weighted by Gasteiger charge is -2.41. The largest absolute Gasteiger partial charge is 0.493 e. The molecule has 3 rings (SSSR count). The number of hydrogen-bond acceptors (Lipinski definition) is 10. The molecule has 10 nitrogen and oxygen atoms in total. The van der Waals surface area contributed by atoms with Crippen LogP contribution < -0.4 is 0 Å². The van der Waals surface area contributed by atoms with Gasteiger partial charge in [-0.05, 0) is 69.6 Å². The Kier molecular flexibility index (Phi) is 11.6. The maximum atomic E-state index is 12.7. The number of carbonyl (C=O) groups excluding carboxylic acids is 1. The fourth-order valence-electron chi connectivity index (χ4n) is 6.28. The maximum absolute atomic E-state index is 12.7. The molecule has 0 amide bonds. The zero-order chi connectivity index (χ0) is 26.3. The van der Waals surface area contributed by atoms with Gasteiger partial charge >= 0.3 is 14.8 Å². The second kappa shape index (κ2) is 14.0. The molecule has 0 spiro atoms. The van der Waals surface area contributed by atoms with Crippen molar-refractivity contribution >= 4 is 14.8 Å². The van der Waals surface area contributed by atoms with Gasteiger partial charge in [-0.25, -0.2) is 0 Å². The summed E-state index contributed by atoms with van der Waals surface area (Å²) in [7, 11) is 2.56. The summed E-state index contributed by atoms with van der Waals surface area (Å²) in [4.78, 5) is 41.4. The van der Waals surface area contributed by atoms with E-state index in [1.54, 1.807) is 28.4 Å². The van der Waals surface area contributed by atoms with E-state index in [0.29, 0.717) is 19.4 Å². The summed E-state index contributed by atoms with van der Waals surface area (Å²) in [6, 6.07) is 0.0212. The van der Waals surface area contributed by atoms with Gasteiger partial charge in [-0.15, -0.1) is 0 Å². The second-order valence-corrected chi connectivity index (χ2v) is 12.7. The molecule has 11 heteroatoms. The first-order chi connectivity index (χ1) is 17.2. The first-order valence-corrected chi connectivity index (χ1v) is 15.3. The molecule has 9 atom stereocenters. The Hall–Kier alpha value is -0.633. The molecule has 0 bridgehead atoms. The highest BCUT2D eigenvalue weighted by Gasteiger charge is 2.41. The van der Waals surface area contributed by atoms with Gasteiger partial charge in [0.1, 0.15) is 0 Å². The molecule has 0 aromatic rings. The Morgan fingerprint density at radius 3 is 1.83 bits per heavy atom. The third kappa shape index (κ3) is 8.44. The molecule has 3 aliphatic carbocycles. The molecule has 3 saturated carbocycles. The Balaban J connectivity index is 1.48. The van der Waals surface area contributed by atoms with Crippen LogP contribution in [0.2, 0.25) is 6.04 Å². The van der Waals surface area contributed by atoms with Gasteiger partial charge in [0, 0.05) is 34.5 Å². The summed E-state index contributed by atoms with van der Waals surface area (Å²) < 4.78 is 34.6. The van der Waals surface area contributed by atoms with Crippen LogP contribution in [0.5, 0.6) is 0 Å². The van der Waals surface area contributed by atoms with E-state index < -0.39 is 8.80 Å². The predicted octanol–water partition coefficient (Wildman–Crippen LogP) is 1.66. The molecular weight excluding hydrogens is 488 g/mol. The fraction of sp³-hybridized carbons (Fsp3) is 0.960. The quantitative estimate of drug-likeness (QED) is 0.265. The zero-order valence-electron chi connectivity index (χ0n) is 22.2. The van der Waals surface area contributed by atoms with Crippen LogP contribution in [0.4, 0.5) is 0 Å². The minimum Gasteiger partial charge on any atom is -0.465 e. The van der Waals surface area contributed by atoms with Crippen molar-refractivity contribution in [1.82, 2.24) is 0 Å². The number of rotatable bonds is 11. The standard InChI is InChI=1S/C25H46O10Si/c1-30-19-10-7-18(13-23(19)33-4)25(26)34-14-16-5-9-21(22(11-16)32-3)35-24-12-17(15-36(27,28)29)6-8-20(24)31-2/h16-24,27-29H,5-15H2,1-4H3. The van der Waals surface area contributed by atoms with E-state index in [0.717, 1.165) is 44.9 Å². The molecule has 210 valence electrons. The summed E-state index contributed by atoms with van der Waals surface area (Å²) in [6.45, 7) is 0.371. The highest BCUT2D eigenvalue weighted by Crippen LogP contribution is 2.37. The van der Waals surface area contributed by atoms with E-state index >= 15 is 0 Å². The summed E-state index contributed by atoms with van der Waals surface area (Å²) >= 11 is 0. The molecule has 0 radical (unpaired) electrons. The fourth-order valence-corrected chi connectivity index (χ4v) is 7.43. The highest BCUT2D eigenvalue weighted by atomic mass is 28.4. The number of carbonyl (C=O) groups is 1. The molecule has 3 aliphatic rings. The van der Waals surface area contributed by atoms with Gasteiger partial charge in [-0.1, -0.05) is 0 Å². The van der Waals surface area contributed by atoms with Gasteiger partial charge in [-0.3, -0.25) is 4.79 Å². The van der Waals surface area contributed by atoms with Crippen molar-refractivity contribution in [1.29, 1.82) is 0 Å². The third-order valence-corrected chi connectivity index (χ3v) is 9.45. The van der Waals surface area contributed by atoms with E-state index in [2.05, 4.69) is 0 Å². The lowest BCUT2D eigenvalue weighted by Crippen LogP contribution is -2.47. The number of ether oxygens (including phenoxy) is 6. The molecule has 0 saturated heterocycles. The van der Waals surface area contributed by atoms with Crippen molar-refractivity contribution in [2.24, 2.45) is 17.8 Å². The van der Waals surface area contributed by atoms with Crippen molar-refractivity contribution in [3.63, 3.8) is 0 Å². The molecule has 3 fully saturated rings. The van der Waals surface area contributed by atoms with Crippen LogP contribution in [0, 0.1) is 17.8 Å². The van der Waals surface area contributed by atoms with E-state index in [1.165, 1.54) is 0 Å². The van der Waals surface area contributed by atoms with E-state index in [4.69, 9.17) is 28.4 Å². The molecule has 0 aromatic heterocycles. The first kappa shape index (κ1) is 29.9. The summed E-state index contributed by atoms with van der Waals surface area (Å²) in [5, 5.41) is 0. The average Bonchev–Trinajstić information content (AvgIpc) is 2.86. The molecule has 0 aromatic carbocycles. The van der Waals surface area contributed by atoms with Crippen molar-refractivity contribution in [3.05, 3.63) is 0 Å². The Morgan fingerprint density at radius 1 is 0.667 bits per heavy atom. The van der Waals surface area contributed by atoms with Gasteiger partial charge in [0.2, 0.25) is 0 Å². The Labute approximate surface area is 215 Å². The van der Waals surface area contributed by atoms with Crippen molar-refractivity contribution in [3.8, 4) is 0 Å². The summed E-state index contributed by atoms with van der Waals surface area (Å²) in [5.41, 5.74) is 0. The van der Waals surface area contributed by atoms with Crippen LogP contribution in [0.25, 0.3) is 0 Å². The molecule has 0 aliphatic heterocycles. The SMILES string of the molecule is COC1CCC(C(=O)OCC2CCC(OC3CC(C[Si](O)(O)O)CCC3OC)C(OC)C2)CC1OC. The topological polar surface area (TPSA) is 133 Å². The Morgan fingerprint density at radius 2 is 1.19 bits per heavy atom. The van der Waals surface area contributed by atoms with Crippen LogP contribution in [-0.4, -0.2) is 101 Å². The van der Waals surface area contributed by atoms with Gasteiger partial charge in [0.25, 0.3) is 0 Å². The number of esters is 1. The van der Waals surface area contributed by atoms with Gasteiger partial charge in [0.05, 0.1) is 49.1 Å². The van der Waals surface area contributed by atoms with Gasteiger partial charge in [-0.2, -0.15) is 0 Å². The van der Waals surface area contributed by atoms with E-state index in [-0.39, 0.29) is 66.4 Å². The zero-order valence-corrected chi connectivity index (χ0v) is 23.2. The molecular formula is C25H46O10Si. The van der Waals surface area contributed by atoms with Crippen molar-refractivity contribution in [2.45, 2.75) is 100 Å². The predicted molar refractivity (Wildman–Crippen MR) is 132 cm³/mol. The number of methoxy groups -OCH3 is 4.